The van der Waals surface area contributed by atoms with Gasteiger partial charge in [-0.05, 0) is 56.1 Å². The molecule has 0 aliphatic carbocycles. The molecule has 0 spiro atoms. The van der Waals surface area contributed by atoms with Crippen LogP contribution in [-0.2, 0) is 22.4 Å². The molecule has 1 aromatic carbocycles. The van der Waals surface area contributed by atoms with E-state index in [9.17, 15) is 4.79 Å². The zero-order chi connectivity index (χ0) is 14.9. The van der Waals surface area contributed by atoms with Gasteiger partial charge in [-0.15, -0.1) is 0 Å². The molecule has 2 heteroatoms. The average molecular weight is 288 g/mol. The monoisotopic (exact) mass is 288 g/mol. The number of ether oxygens (including phenoxy) is 1. The first-order valence-corrected chi connectivity index (χ1v) is 8.54. The minimum Gasteiger partial charge on any atom is -0.465 e. The number of benzene rings is 1. The summed E-state index contributed by atoms with van der Waals surface area (Å²) in [7, 11) is 0. The minimum atomic E-state index is 0.0209. The van der Waals surface area contributed by atoms with Crippen LogP contribution in [0.4, 0.5) is 0 Å². The summed E-state index contributed by atoms with van der Waals surface area (Å²) in [6, 6.07) is 9.03. The number of aryl methyl sites for hydroxylation is 2. The van der Waals surface area contributed by atoms with Gasteiger partial charge in [-0.25, -0.2) is 0 Å². The van der Waals surface area contributed by atoms with Crippen molar-refractivity contribution in [3.8, 4) is 0 Å². The topological polar surface area (TPSA) is 26.3 Å². The van der Waals surface area contributed by atoms with Crippen molar-refractivity contribution >= 4 is 5.97 Å². The van der Waals surface area contributed by atoms with Crippen LogP contribution >= 0.6 is 0 Å². The molecule has 1 heterocycles. The Morgan fingerprint density at radius 3 is 2.33 bits per heavy atom. The summed E-state index contributed by atoms with van der Waals surface area (Å²) in [5.41, 5.74) is 2.83. The van der Waals surface area contributed by atoms with E-state index in [0.29, 0.717) is 6.61 Å². The van der Waals surface area contributed by atoms with Crippen molar-refractivity contribution in [2.24, 2.45) is 5.92 Å². The van der Waals surface area contributed by atoms with E-state index in [2.05, 4.69) is 31.2 Å². The van der Waals surface area contributed by atoms with Crippen molar-refractivity contribution in [2.45, 2.75) is 64.7 Å². The average Bonchev–Trinajstić information content (AvgIpc) is 2.51. The van der Waals surface area contributed by atoms with Crippen molar-refractivity contribution in [1.29, 1.82) is 0 Å². The van der Waals surface area contributed by atoms with Gasteiger partial charge in [-0.1, -0.05) is 44.0 Å². The molecule has 21 heavy (non-hydrogen) atoms. The van der Waals surface area contributed by atoms with E-state index in [0.717, 1.165) is 32.1 Å². The molecule has 2 rings (SSSR count). The van der Waals surface area contributed by atoms with Crippen LogP contribution in [0.5, 0.6) is 0 Å². The Morgan fingerprint density at radius 1 is 1.05 bits per heavy atom. The van der Waals surface area contributed by atoms with Crippen LogP contribution in [0.2, 0.25) is 0 Å². The second-order valence-electron chi connectivity index (χ2n) is 6.17. The third-order valence-corrected chi connectivity index (χ3v) is 4.38. The Balaban J connectivity index is 1.69. The third-order valence-electron chi connectivity index (χ3n) is 4.38. The molecule has 0 radical (unpaired) electrons. The Kier molecular flexibility index (Phi) is 6.78. The van der Waals surface area contributed by atoms with Gasteiger partial charge in [0.25, 0.3) is 0 Å². The molecule has 1 aliphatic heterocycles. The van der Waals surface area contributed by atoms with Crippen molar-refractivity contribution in [2.75, 3.05) is 6.61 Å². The Hall–Kier alpha value is -1.31. The van der Waals surface area contributed by atoms with Crippen molar-refractivity contribution in [3.05, 3.63) is 35.4 Å². The highest BCUT2D eigenvalue weighted by atomic mass is 16.5. The lowest BCUT2D eigenvalue weighted by molar-refractivity contribution is -0.153. The zero-order valence-corrected chi connectivity index (χ0v) is 13.3. The van der Waals surface area contributed by atoms with Crippen LogP contribution in [-0.4, -0.2) is 12.6 Å². The molecule has 1 atom stereocenters. The molecule has 0 aromatic heterocycles. The van der Waals surface area contributed by atoms with E-state index in [1.165, 1.54) is 36.8 Å². The van der Waals surface area contributed by atoms with E-state index >= 15 is 0 Å². The van der Waals surface area contributed by atoms with E-state index in [-0.39, 0.29) is 11.9 Å². The molecule has 1 saturated heterocycles. The number of hydrogen-bond acceptors (Lipinski definition) is 2. The maximum atomic E-state index is 11.6. The summed E-state index contributed by atoms with van der Waals surface area (Å²) < 4.78 is 5.12. The summed E-state index contributed by atoms with van der Waals surface area (Å²) in [5, 5.41) is 0. The predicted octanol–water partition coefficient (Wildman–Crippen LogP) is 4.70. The summed E-state index contributed by atoms with van der Waals surface area (Å²) in [4.78, 5) is 11.6. The Morgan fingerprint density at radius 2 is 1.71 bits per heavy atom. The molecule has 116 valence electrons. The van der Waals surface area contributed by atoms with Gasteiger partial charge in [0.1, 0.15) is 0 Å². The van der Waals surface area contributed by atoms with Crippen molar-refractivity contribution in [3.63, 3.8) is 0 Å². The molecular weight excluding hydrogens is 260 g/mol. The van der Waals surface area contributed by atoms with E-state index in [4.69, 9.17) is 4.74 Å². The molecule has 1 fully saturated rings. The summed E-state index contributed by atoms with van der Waals surface area (Å²) in [5.74, 6) is 0.166. The summed E-state index contributed by atoms with van der Waals surface area (Å²) in [6.45, 7) is 2.86. The first kappa shape index (κ1) is 16.1. The number of carbonyl (C=O) groups is 1. The van der Waals surface area contributed by atoms with Crippen LogP contribution in [0.25, 0.3) is 0 Å². The van der Waals surface area contributed by atoms with Crippen LogP contribution in [0, 0.1) is 5.92 Å². The normalized spacial score (nSPS) is 18.5. The lowest BCUT2D eigenvalue weighted by Gasteiger charge is -2.20. The highest BCUT2D eigenvalue weighted by Gasteiger charge is 2.23. The van der Waals surface area contributed by atoms with Gasteiger partial charge in [0.05, 0.1) is 12.5 Å². The SMILES string of the molecule is CCCCCc1ccc(CCCC2CCCOC2=O)cc1. The minimum absolute atomic E-state index is 0.0209. The van der Waals surface area contributed by atoms with Gasteiger partial charge < -0.3 is 4.74 Å². The van der Waals surface area contributed by atoms with Crippen molar-refractivity contribution in [1.82, 2.24) is 0 Å². The van der Waals surface area contributed by atoms with E-state index < -0.39 is 0 Å². The lowest BCUT2D eigenvalue weighted by atomic mass is 9.94. The second-order valence-corrected chi connectivity index (χ2v) is 6.17. The van der Waals surface area contributed by atoms with Gasteiger partial charge in [-0.3, -0.25) is 4.79 Å². The van der Waals surface area contributed by atoms with Crippen LogP contribution in [0.3, 0.4) is 0 Å². The quantitative estimate of drug-likeness (QED) is 0.512. The Bertz CT molecular complexity index is 422. The second kappa shape index (κ2) is 8.86. The molecule has 1 aliphatic rings. The van der Waals surface area contributed by atoms with Crippen LogP contribution in [0.15, 0.2) is 24.3 Å². The number of esters is 1. The smallest absolute Gasteiger partial charge is 0.308 e. The van der Waals surface area contributed by atoms with Gasteiger partial charge in [0.15, 0.2) is 0 Å². The molecule has 0 saturated carbocycles. The predicted molar refractivity (Wildman–Crippen MR) is 86.3 cm³/mol. The summed E-state index contributed by atoms with van der Waals surface area (Å²) >= 11 is 0. The fourth-order valence-corrected chi connectivity index (χ4v) is 3.00. The number of cyclic esters (lactones) is 1. The fourth-order valence-electron chi connectivity index (χ4n) is 3.00. The standard InChI is InChI=1S/C19H28O2/c1-2-3-4-7-16-11-13-17(14-12-16)8-5-9-18-10-6-15-21-19(18)20/h11-14,18H,2-10,15H2,1H3. The molecule has 2 nitrogen and oxygen atoms in total. The molecule has 1 unspecified atom stereocenters. The molecule has 1 aromatic rings. The van der Waals surface area contributed by atoms with Gasteiger partial charge >= 0.3 is 5.97 Å². The zero-order valence-electron chi connectivity index (χ0n) is 13.3. The fraction of sp³-hybridized carbons (Fsp3) is 0.632. The number of carbonyl (C=O) groups excluding carboxylic acids is 1. The van der Waals surface area contributed by atoms with E-state index in [1.807, 2.05) is 0 Å². The molecular formula is C19H28O2. The van der Waals surface area contributed by atoms with Gasteiger partial charge in [-0.2, -0.15) is 0 Å². The molecule has 0 amide bonds. The van der Waals surface area contributed by atoms with Crippen molar-refractivity contribution < 1.29 is 9.53 Å². The van der Waals surface area contributed by atoms with Gasteiger partial charge in [0.2, 0.25) is 0 Å². The number of hydrogen-bond donors (Lipinski definition) is 0. The number of unbranched alkanes of at least 4 members (excludes halogenated alkanes) is 2. The first-order chi connectivity index (χ1) is 10.3. The highest BCUT2D eigenvalue weighted by Crippen LogP contribution is 2.21. The van der Waals surface area contributed by atoms with Crippen LogP contribution in [0.1, 0.15) is 63.0 Å². The third kappa shape index (κ3) is 5.53. The number of rotatable bonds is 8. The maximum absolute atomic E-state index is 11.6. The largest absolute Gasteiger partial charge is 0.465 e. The summed E-state index contributed by atoms with van der Waals surface area (Å²) in [6.07, 6.45) is 10.2. The van der Waals surface area contributed by atoms with Gasteiger partial charge in [0, 0.05) is 0 Å². The first-order valence-electron chi connectivity index (χ1n) is 8.54. The van der Waals surface area contributed by atoms with E-state index in [1.54, 1.807) is 0 Å². The van der Waals surface area contributed by atoms with Crippen LogP contribution < -0.4 is 0 Å². The highest BCUT2D eigenvalue weighted by molar-refractivity contribution is 5.72. The maximum Gasteiger partial charge on any atom is 0.308 e. The molecule has 0 bridgehead atoms. The lowest BCUT2D eigenvalue weighted by Crippen LogP contribution is -2.24. The molecule has 0 N–H and O–H groups in total. The Labute approximate surface area is 128 Å².